The van der Waals surface area contributed by atoms with Crippen molar-refractivity contribution in [3.05, 3.63) is 77.9 Å². The number of hydrogen-bond donors (Lipinski definition) is 3. The van der Waals surface area contributed by atoms with Gasteiger partial charge in [-0.15, -0.1) is 0 Å². The first-order chi connectivity index (χ1) is 12.6. The van der Waals surface area contributed by atoms with Crippen LogP contribution in [0.4, 0.5) is 5.69 Å². The molecule has 0 radical (unpaired) electrons. The Morgan fingerprint density at radius 3 is 2.42 bits per heavy atom. The quantitative estimate of drug-likeness (QED) is 0.634. The number of aliphatic hydroxyl groups is 1. The van der Waals surface area contributed by atoms with Gasteiger partial charge in [0, 0.05) is 12.2 Å². The van der Waals surface area contributed by atoms with E-state index in [1.165, 1.54) is 0 Å². The zero-order chi connectivity index (χ0) is 18.5. The lowest BCUT2D eigenvalue weighted by Crippen LogP contribution is -2.37. The maximum Gasteiger partial charge on any atom is 0.313 e. The van der Waals surface area contributed by atoms with Gasteiger partial charge in [0.15, 0.2) is 0 Å². The predicted octanol–water partition coefficient (Wildman–Crippen LogP) is 2.94. The number of amides is 2. The summed E-state index contributed by atoms with van der Waals surface area (Å²) in [5.41, 5.74) is 2.16. The lowest BCUT2D eigenvalue weighted by Gasteiger charge is -2.15. The fraction of sp³-hybridized carbons (Fsp3) is 0.143. The topological polar surface area (TPSA) is 78.4 Å². The second kappa shape index (κ2) is 7.80. The first-order valence-corrected chi connectivity index (χ1v) is 8.37. The highest BCUT2D eigenvalue weighted by atomic mass is 16.3. The van der Waals surface area contributed by atoms with Gasteiger partial charge in [0.05, 0.1) is 6.10 Å². The molecule has 26 heavy (non-hydrogen) atoms. The minimum Gasteiger partial charge on any atom is -0.387 e. The molecule has 0 saturated carbocycles. The van der Waals surface area contributed by atoms with E-state index in [0.717, 1.165) is 16.3 Å². The van der Waals surface area contributed by atoms with Crippen LogP contribution in [-0.2, 0) is 9.59 Å². The van der Waals surface area contributed by atoms with Crippen molar-refractivity contribution in [1.82, 2.24) is 5.32 Å². The SMILES string of the molecule is Cc1ccccc1NC(=O)C(=O)NCC(O)c1cccc2ccccc12. The molecule has 3 rings (SSSR count). The highest BCUT2D eigenvalue weighted by Crippen LogP contribution is 2.23. The third-order valence-electron chi connectivity index (χ3n) is 4.24. The second-order valence-electron chi connectivity index (χ2n) is 6.06. The van der Waals surface area contributed by atoms with Crippen LogP contribution in [0.15, 0.2) is 66.7 Å². The van der Waals surface area contributed by atoms with Crippen LogP contribution in [0.2, 0.25) is 0 Å². The van der Waals surface area contributed by atoms with Gasteiger partial charge in [0.25, 0.3) is 0 Å². The highest BCUT2D eigenvalue weighted by Gasteiger charge is 2.17. The molecule has 1 unspecified atom stereocenters. The van der Waals surface area contributed by atoms with E-state index >= 15 is 0 Å². The van der Waals surface area contributed by atoms with Gasteiger partial charge in [-0.25, -0.2) is 0 Å². The van der Waals surface area contributed by atoms with Gasteiger partial charge in [-0.05, 0) is 34.9 Å². The molecular formula is C21H20N2O3. The standard InChI is InChI=1S/C21H20N2O3/c1-14-7-2-5-12-18(14)23-21(26)20(25)22-13-19(24)17-11-6-9-15-8-3-4-10-16(15)17/h2-12,19,24H,13H2,1H3,(H,22,25)(H,23,26). The summed E-state index contributed by atoms with van der Waals surface area (Å²) in [7, 11) is 0. The molecular weight excluding hydrogens is 328 g/mol. The molecule has 0 aliphatic rings. The largest absolute Gasteiger partial charge is 0.387 e. The number of aliphatic hydroxyl groups excluding tert-OH is 1. The molecule has 0 bridgehead atoms. The summed E-state index contributed by atoms with van der Waals surface area (Å²) in [6.45, 7) is 1.80. The van der Waals surface area contributed by atoms with E-state index in [1.54, 1.807) is 12.1 Å². The Balaban J connectivity index is 1.63. The average Bonchev–Trinajstić information content (AvgIpc) is 2.67. The molecule has 3 aromatic carbocycles. The van der Waals surface area contributed by atoms with E-state index in [-0.39, 0.29) is 6.54 Å². The van der Waals surface area contributed by atoms with Crippen molar-refractivity contribution in [3.63, 3.8) is 0 Å². The van der Waals surface area contributed by atoms with Crippen LogP contribution in [0, 0.1) is 6.92 Å². The Labute approximate surface area is 151 Å². The van der Waals surface area contributed by atoms with Crippen molar-refractivity contribution >= 4 is 28.3 Å². The van der Waals surface area contributed by atoms with Gasteiger partial charge in [-0.3, -0.25) is 9.59 Å². The van der Waals surface area contributed by atoms with E-state index in [4.69, 9.17) is 0 Å². The average molecular weight is 348 g/mol. The monoisotopic (exact) mass is 348 g/mol. The fourth-order valence-electron chi connectivity index (χ4n) is 2.81. The van der Waals surface area contributed by atoms with Crippen LogP contribution >= 0.6 is 0 Å². The van der Waals surface area contributed by atoms with Crippen molar-refractivity contribution in [2.24, 2.45) is 0 Å². The third-order valence-corrected chi connectivity index (χ3v) is 4.24. The second-order valence-corrected chi connectivity index (χ2v) is 6.06. The molecule has 0 aromatic heterocycles. The number of anilines is 1. The number of rotatable bonds is 4. The number of carbonyl (C=O) groups excluding carboxylic acids is 2. The van der Waals surface area contributed by atoms with Crippen molar-refractivity contribution in [2.45, 2.75) is 13.0 Å². The van der Waals surface area contributed by atoms with Crippen LogP contribution in [-0.4, -0.2) is 23.5 Å². The Bertz CT molecular complexity index is 947. The molecule has 5 heteroatoms. The number of aryl methyl sites for hydroxylation is 1. The number of fused-ring (bicyclic) bond motifs is 1. The molecule has 132 valence electrons. The van der Waals surface area contributed by atoms with E-state index in [9.17, 15) is 14.7 Å². The van der Waals surface area contributed by atoms with E-state index < -0.39 is 17.9 Å². The molecule has 5 nitrogen and oxygen atoms in total. The molecule has 0 saturated heterocycles. The van der Waals surface area contributed by atoms with E-state index in [1.807, 2.05) is 61.5 Å². The number of benzene rings is 3. The Hall–Kier alpha value is -3.18. The van der Waals surface area contributed by atoms with Gasteiger partial charge in [0.2, 0.25) is 0 Å². The summed E-state index contributed by atoms with van der Waals surface area (Å²) >= 11 is 0. The van der Waals surface area contributed by atoms with Gasteiger partial charge in [-0.1, -0.05) is 60.7 Å². The van der Waals surface area contributed by atoms with Crippen LogP contribution in [0.1, 0.15) is 17.2 Å². The van der Waals surface area contributed by atoms with E-state index in [0.29, 0.717) is 11.3 Å². The first-order valence-electron chi connectivity index (χ1n) is 8.37. The van der Waals surface area contributed by atoms with Crippen LogP contribution in [0.25, 0.3) is 10.8 Å². The smallest absolute Gasteiger partial charge is 0.313 e. The maximum atomic E-state index is 12.0. The molecule has 0 spiro atoms. The van der Waals surface area contributed by atoms with Gasteiger partial charge in [-0.2, -0.15) is 0 Å². The van der Waals surface area contributed by atoms with Crippen LogP contribution in [0.5, 0.6) is 0 Å². The number of nitrogens with one attached hydrogen (secondary N) is 2. The highest BCUT2D eigenvalue weighted by molar-refractivity contribution is 6.39. The van der Waals surface area contributed by atoms with Gasteiger partial charge < -0.3 is 15.7 Å². The summed E-state index contributed by atoms with van der Waals surface area (Å²) in [5.74, 6) is -1.54. The summed E-state index contributed by atoms with van der Waals surface area (Å²) in [4.78, 5) is 24.0. The van der Waals surface area contributed by atoms with Crippen molar-refractivity contribution in [3.8, 4) is 0 Å². The number of carbonyl (C=O) groups is 2. The van der Waals surface area contributed by atoms with Crippen LogP contribution in [0.3, 0.4) is 0 Å². The lowest BCUT2D eigenvalue weighted by molar-refractivity contribution is -0.136. The van der Waals surface area contributed by atoms with Gasteiger partial charge >= 0.3 is 11.8 Å². The minimum atomic E-state index is -0.906. The van der Waals surface area contributed by atoms with Crippen LogP contribution < -0.4 is 10.6 Å². The third kappa shape index (κ3) is 3.90. The van der Waals surface area contributed by atoms with Crippen molar-refractivity contribution in [1.29, 1.82) is 0 Å². The molecule has 0 aliphatic carbocycles. The molecule has 1 atom stereocenters. The molecule has 0 aliphatic heterocycles. The Morgan fingerprint density at radius 1 is 0.923 bits per heavy atom. The Kier molecular flexibility index (Phi) is 5.29. The maximum absolute atomic E-state index is 12.0. The zero-order valence-corrected chi connectivity index (χ0v) is 14.4. The summed E-state index contributed by atoms with van der Waals surface area (Å²) in [6.07, 6.45) is -0.906. The summed E-state index contributed by atoms with van der Waals surface area (Å²) in [5, 5.41) is 17.4. The predicted molar refractivity (Wildman–Crippen MR) is 102 cm³/mol. The zero-order valence-electron chi connectivity index (χ0n) is 14.4. The fourth-order valence-corrected chi connectivity index (χ4v) is 2.81. The number of para-hydroxylation sites is 1. The van der Waals surface area contributed by atoms with E-state index in [2.05, 4.69) is 10.6 Å². The van der Waals surface area contributed by atoms with Crippen molar-refractivity contribution < 1.29 is 14.7 Å². The summed E-state index contributed by atoms with van der Waals surface area (Å²) in [6, 6.07) is 20.5. The molecule has 3 N–H and O–H groups in total. The molecule has 2 amide bonds. The summed E-state index contributed by atoms with van der Waals surface area (Å²) < 4.78 is 0. The normalized spacial score (nSPS) is 11.8. The number of hydrogen-bond acceptors (Lipinski definition) is 3. The molecule has 3 aromatic rings. The van der Waals surface area contributed by atoms with Gasteiger partial charge in [0.1, 0.15) is 0 Å². The Morgan fingerprint density at radius 2 is 1.62 bits per heavy atom. The first kappa shape index (κ1) is 17.6. The minimum absolute atomic E-state index is 0.0476. The molecule has 0 fully saturated rings. The lowest BCUT2D eigenvalue weighted by atomic mass is 10.0. The molecule has 0 heterocycles. The van der Waals surface area contributed by atoms with Crippen molar-refractivity contribution in [2.75, 3.05) is 11.9 Å².